The minimum atomic E-state index is -0.247. The van der Waals surface area contributed by atoms with E-state index in [0.717, 1.165) is 17.9 Å². The SMILES string of the molecule is CC1CCCC(C2C[C@@H](N)c3ccc(F)cc3O2)C1. The fourth-order valence-corrected chi connectivity index (χ4v) is 3.61. The number of fused-ring (bicyclic) bond motifs is 1. The van der Waals surface area contributed by atoms with Crippen LogP contribution in [-0.2, 0) is 0 Å². The molecule has 19 heavy (non-hydrogen) atoms. The first-order valence-electron chi connectivity index (χ1n) is 7.35. The molecule has 2 N–H and O–H groups in total. The van der Waals surface area contributed by atoms with Gasteiger partial charge in [-0.05, 0) is 30.7 Å². The van der Waals surface area contributed by atoms with Crippen molar-refractivity contribution in [1.29, 1.82) is 0 Å². The van der Waals surface area contributed by atoms with Gasteiger partial charge in [0.2, 0.25) is 0 Å². The van der Waals surface area contributed by atoms with Gasteiger partial charge in [0.15, 0.2) is 0 Å². The first kappa shape index (κ1) is 12.9. The molecule has 4 atom stereocenters. The molecule has 104 valence electrons. The minimum absolute atomic E-state index is 0.0217. The van der Waals surface area contributed by atoms with Crippen molar-refractivity contribution < 1.29 is 9.13 Å². The summed E-state index contributed by atoms with van der Waals surface area (Å²) in [6, 6.07) is 4.68. The average Bonchev–Trinajstić information content (AvgIpc) is 2.38. The Hall–Kier alpha value is -1.09. The Balaban J connectivity index is 1.80. The van der Waals surface area contributed by atoms with Crippen molar-refractivity contribution in [3.05, 3.63) is 29.6 Å². The predicted octanol–water partition coefficient (Wildman–Crippen LogP) is 3.80. The highest BCUT2D eigenvalue weighted by Gasteiger charge is 2.34. The van der Waals surface area contributed by atoms with Gasteiger partial charge in [-0.3, -0.25) is 0 Å². The van der Waals surface area contributed by atoms with Crippen molar-refractivity contribution in [2.24, 2.45) is 17.6 Å². The molecule has 3 unspecified atom stereocenters. The lowest BCUT2D eigenvalue weighted by Crippen LogP contribution is -2.37. The summed E-state index contributed by atoms with van der Waals surface area (Å²) in [5.74, 6) is 1.75. The maximum absolute atomic E-state index is 13.3. The highest BCUT2D eigenvalue weighted by atomic mass is 19.1. The molecule has 0 spiro atoms. The zero-order valence-electron chi connectivity index (χ0n) is 11.4. The summed E-state index contributed by atoms with van der Waals surface area (Å²) >= 11 is 0. The summed E-state index contributed by atoms with van der Waals surface area (Å²) in [6.45, 7) is 2.31. The highest BCUT2D eigenvalue weighted by Crippen LogP contribution is 2.40. The fourth-order valence-electron chi connectivity index (χ4n) is 3.61. The second kappa shape index (κ2) is 5.12. The summed E-state index contributed by atoms with van der Waals surface area (Å²) in [7, 11) is 0. The Morgan fingerprint density at radius 1 is 1.26 bits per heavy atom. The van der Waals surface area contributed by atoms with Crippen LogP contribution in [0.2, 0.25) is 0 Å². The van der Waals surface area contributed by atoms with Crippen LogP contribution in [0, 0.1) is 17.7 Å². The quantitative estimate of drug-likeness (QED) is 0.836. The number of halogens is 1. The highest BCUT2D eigenvalue weighted by molar-refractivity contribution is 5.38. The molecule has 2 aliphatic rings. The molecule has 1 aromatic rings. The lowest BCUT2D eigenvalue weighted by Gasteiger charge is -2.38. The number of hydrogen-bond acceptors (Lipinski definition) is 2. The molecule has 0 amide bonds. The molecule has 0 bridgehead atoms. The van der Waals surface area contributed by atoms with Crippen LogP contribution in [0.4, 0.5) is 4.39 Å². The Kier molecular flexibility index (Phi) is 3.48. The molecule has 1 heterocycles. The lowest BCUT2D eigenvalue weighted by atomic mass is 9.77. The van der Waals surface area contributed by atoms with Crippen molar-refractivity contribution in [2.45, 2.75) is 51.2 Å². The monoisotopic (exact) mass is 263 g/mol. The maximum Gasteiger partial charge on any atom is 0.127 e. The van der Waals surface area contributed by atoms with Gasteiger partial charge >= 0.3 is 0 Å². The van der Waals surface area contributed by atoms with Gasteiger partial charge in [-0.2, -0.15) is 0 Å². The van der Waals surface area contributed by atoms with Crippen LogP contribution < -0.4 is 10.5 Å². The molecule has 2 nitrogen and oxygen atoms in total. The fraction of sp³-hybridized carbons (Fsp3) is 0.625. The number of rotatable bonds is 1. The number of nitrogens with two attached hydrogens (primary N) is 1. The van der Waals surface area contributed by atoms with Crippen LogP contribution in [0.5, 0.6) is 5.75 Å². The van der Waals surface area contributed by atoms with E-state index in [1.165, 1.54) is 37.8 Å². The van der Waals surface area contributed by atoms with Crippen molar-refractivity contribution in [3.8, 4) is 5.75 Å². The molecule has 0 saturated heterocycles. The van der Waals surface area contributed by atoms with E-state index in [-0.39, 0.29) is 18.0 Å². The maximum atomic E-state index is 13.3. The zero-order valence-corrected chi connectivity index (χ0v) is 11.4. The molecule has 1 saturated carbocycles. The van der Waals surface area contributed by atoms with Gasteiger partial charge < -0.3 is 10.5 Å². The van der Waals surface area contributed by atoms with E-state index in [2.05, 4.69) is 6.92 Å². The number of hydrogen-bond donors (Lipinski definition) is 1. The van der Waals surface area contributed by atoms with Gasteiger partial charge in [0.25, 0.3) is 0 Å². The van der Waals surface area contributed by atoms with Crippen LogP contribution in [0.3, 0.4) is 0 Å². The third kappa shape index (κ3) is 2.62. The van der Waals surface area contributed by atoms with Crippen LogP contribution in [-0.4, -0.2) is 6.10 Å². The van der Waals surface area contributed by atoms with E-state index in [0.29, 0.717) is 11.7 Å². The van der Waals surface area contributed by atoms with Crippen LogP contribution in [0.1, 0.15) is 50.6 Å². The van der Waals surface area contributed by atoms with Gasteiger partial charge in [0, 0.05) is 24.1 Å². The van der Waals surface area contributed by atoms with Gasteiger partial charge in [-0.25, -0.2) is 4.39 Å². The van der Waals surface area contributed by atoms with E-state index in [1.807, 2.05) is 0 Å². The van der Waals surface area contributed by atoms with E-state index in [9.17, 15) is 4.39 Å². The molecular weight excluding hydrogens is 241 g/mol. The van der Waals surface area contributed by atoms with E-state index in [4.69, 9.17) is 10.5 Å². The third-order valence-electron chi connectivity index (χ3n) is 4.64. The first-order valence-corrected chi connectivity index (χ1v) is 7.35. The average molecular weight is 263 g/mol. The van der Waals surface area contributed by atoms with Crippen molar-refractivity contribution in [1.82, 2.24) is 0 Å². The number of ether oxygens (including phenoxy) is 1. The summed E-state index contributed by atoms with van der Waals surface area (Å²) in [5, 5.41) is 0. The second-order valence-electron chi connectivity index (χ2n) is 6.21. The molecular formula is C16H22FNO. The van der Waals surface area contributed by atoms with Crippen LogP contribution in [0.25, 0.3) is 0 Å². The lowest BCUT2D eigenvalue weighted by molar-refractivity contribution is 0.0662. The summed E-state index contributed by atoms with van der Waals surface area (Å²) in [5.41, 5.74) is 7.17. The van der Waals surface area contributed by atoms with E-state index in [1.54, 1.807) is 6.07 Å². The Labute approximate surface area is 114 Å². The normalized spacial score (nSPS) is 34.5. The standard InChI is InChI=1S/C16H22FNO/c1-10-3-2-4-11(7-10)15-9-14(18)13-6-5-12(17)8-16(13)19-15/h5-6,8,10-11,14-15H,2-4,7,9,18H2,1H3/t10?,11?,14-,15?/m1/s1. The zero-order chi connectivity index (χ0) is 13.4. The van der Waals surface area contributed by atoms with Crippen molar-refractivity contribution in [3.63, 3.8) is 0 Å². The summed E-state index contributed by atoms with van der Waals surface area (Å²) in [4.78, 5) is 0. The summed E-state index contributed by atoms with van der Waals surface area (Å²) in [6.07, 6.45) is 6.04. The number of benzene rings is 1. The topological polar surface area (TPSA) is 35.2 Å². The van der Waals surface area contributed by atoms with Crippen molar-refractivity contribution in [2.75, 3.05) is 0 Å². The molecule has 3 rings (SSSR count). The molecule has 1 fully saturated rings. The van der Waals surface area contributed by atoms with Crippen LogP contribution >= 0.6 is 0 Å². The van der Waals surface area contributed by atoms with Gasteiger partial charge in [0.1, 0.15) is 17.7 Å². The van der Waals surface area contributed by atoms with Crippen LogP contribution in [0.15, 0.2) is 18.2 Å². The van der Waals surface area contributed by atoms with Gasteiger partial charge in [0.05, 0.1) is 0 Å². The smallest absolute Gasteiger partial charge is 0.127 e. The second-order valence-corrected chi connectivity index (χ2v) is 6.21. The molecule has 1 aromatic carbocycles. The van der Waals surface area contributed by atoms with E-state index < -0.39 is 0 Å². The summed E-state index contributed by atoms with van der Waals surface area (Å²) < 4.78 is 19.4. The molecule has 3 heteroatoms. The molecule has 1 aliphatic heterocycles. The van der Waals surface area contributed by atoms with Crippen molar-refractivity contribution >= 4 is 0 Å². The van der Waals surface area contributed by atoms with E-state index >= 15 is 0 Å². The predicted molar refractivity (Wildman–Crippen MR) is 73.5 cm³/mol. The Morgan fingerprint density at radius 2 is 2.11 bits per heavy atom. The molecule has 0 aromatic heterocycles. The Morgan fingerprint density at radius 3 is 2.89 bits per heavy atom. The Bertz CT molecular complexity index is 462. The van der Waals surface area contributed by atoms with Gasteiger partial charge in [-0.1, -0.05) is 25.8 Å². The molecule has 1 aliphatic carbocycles. The largest absolute Gasteiger partial charge is 0.490 e. The first-order chi connectivity index (χ1) is 9.13. The minimum Gasteiger partial charge on any atom is -0.490 e. The third-order valence-corrected chi connectivity index (χ3v) is 4.64. The molecule has 0 radical (unpaired) electrons. The van der Waals surface area contributed by atoms with Gasteiger partial charge in [-0.15, -0.1) is 0 Å².